The molecule has 7 nitrogen and oxygen atoms in total. The maximum Gasteiger partial charge on any atom is 0.203 e. The molecule has 1 aliphatic rings. The predicted molar refractivity (Wildman–Crippen MR) is 73.2 cm³/mol. The molecule has 1 aliphatic heterocycles. The van der Waals surface area contributed by atoms with Crippen LogP contribution in [0, 0.1) is 6.92 Å². The highest BCUT2D eigenvalue weighted by atomic mass is 15.3. The smallest absolute Gasteiger partial charge is 0.203 e. The van der Waals surface area contributed by atoms with Crippen molar-refractivity contribution in [2.75, 3.05) is 38.1 Å². The van der Waals surface area contributed by atoms with E-state index in [-0.39, 0.29) is 6.04 Å². The number of nitrogens with zero attached hydrogens (tertiary/aromatic N) is 6. The van der Waals surface area contributed by atoms with Crippen LogP contribution in [0.5, 0.6) is 0 Å². The molecular weight excluding hydrogens is 242 g/mol. The zero-order valence-corrected chi connectivity index (χ0v) is 11.3. The third-order valence-corrected chi connectivity index (χ3v) is 3.71. The molecule has 0 amide bonds. The van der Waals surface area contributed by atoms with Gasteiger partial charge in [-0.15, -0.1) is 10.2 Å². The van der Waals surface area contributed by atoms with Gasteiger partial charge in [0.25, 0.3) is 0 Å². The lowest BCUT2D eigenvalue weighted by atomic mass is 10.1. The first kappa shape index (κ1) is 12.3. The summed E-state index contributed by atoms with van der Waals surface area (Å²) in [5.74, 6) is 1.75. The van der Waals surface area contributed by atoms with Gasteiger partial charge in [-0.05, 0) is 14.0 Å². The number of rotatable bonds is 2. The van der Waals surface area contributed by atoms with E-state index in [1.165, 1.54) is 0 Å². The molecular formula is C12H19N7. The van der Waals surface area contributed by atoms with Gasteiger partial charge < -0.3 is 15.5 Å². The Balaban J connectivity index is 2.03. The minimum Gasteiger partial charge on any atom is -0.347 e. The number of aryl methyl sites for hydroxylation is 1. The number of hydrogen-bond donors (Lipinski definition) is 1. The average Bonchev–Trinajstić information content (AvgIpc) is 2.81. The minimum absolute atomic E-state index is 0.273. The Bertz CT molecular complexity index is 578. The number of piperazine rings is 1. The zero-order valence-electron chi connectivity index (χ0n) is 11.3. The molecule has 3 rings (SSSR count). The van der Waals surface area contributed by atoms with Gasteiger partial charge in [0.15, 0.2) is 5.82 Å². The van der Waals surface area contributed by atoms with E-state index in [4.69, 9.17) is 5.73 Å². The van der Waals surface area contributed by atoms with Gasteiger partial charge in [0, 0.05) is 38.6 Å². The van der Waals surface area contributed by atoms with Gasteiger partial charge >= 0.3 is 0 Å². The molecule has 0 saturated carbocycles. The second kappa shape index (κ2) is 4.75. The summed E-state index contributed by atoms with van der Waals surface area (Å²) < 4.78 is 1.97. The topological polar surface area (TPSA) is 75.6 Å². The summed E-state index contributed by atoms with van der Waals surface area (Å²) >= 11 is 0. The minimum atomic E-state index is 0.273. The van der Waals surface area contributed by atoms with Crippen molar-refractivity contribution in [3.05, 3.63) is 18.2 Å². The third-order valence-electron chi connectivity index (χ3n) is 3.71. The van der Waals surface area contributed by atoms with Crippen LogP contribution in [0.2, 0.25) is 0 Å². The van der Waals surface area contributed by atoms with Crippen LogP contribution >= 0.6 is 0 Å². The summed E-state index contributed by atoms with van der Waals surface area (Å²) in [6.07, 6.45) is 3.69. The lowest BCUT2D eigenvalue weighted by Gasteiger charge is -2.40. The van der Waals surface area contributed by atoms with E-state index in [2.05, 4.69) is 32.0 Å². The van der Waals surface area contributed by atoms with Crippen LogP contribution in [-0.4, -0.2) is 63.8 Å². The molecule has 7 heteroatoms. The Kier molecular flexibility index (Phi) is 3.08. The predicted octanol–water partition coefficient (Wildman–Crippen LogP) is -0.488. The fourth-order valence-corrected chi connectivity index (χ4v) is 2.62. The van der Waals surface area contributed by atoms with Crippen LogP contribution in [0.15, 0.2) is 12.4 Å². The van der Waals surface area contributed by atoms with E-state index in [0.29, 0.717) is 6.54 Å². The van der Waals surface area contributed by atoms with E-state index < -0.39 is 0 Å². The van der Waals surface area contributed by atoms with Gasteiger partial charge in [-0.3, -0.25) is 4.40 Å². The Morgan fingerprint density at radius 1 is 1.37 bits per heavy atom. The van der Waals surface area contributed by atoms with Crippen molar-refractivity contribution >= 4 is 11.5 Å². The molecule has 2 aromatic rings. The van der Waals surface area contributed by atoms with Crippen LogP contribution in [0.3, 0.4) is 0 Å². The SMILES string of the molecule is Cc1nnc2c(N3CCN(C)CC3CN)nccn12. The quantitative estimate of drug-likeness (QED) is 0.786. The van der Waals surface area contributed by atoms with E-state index in [9.17, 15) is 0 Å². The van der Waals surface area contributed by atoms with E-state index in [1.54, 1.807) is 6.20 Å². The lowest BCUT2D eigenvalue weighted by Crippen LogP contribution is -2.55. The maximum absolute atomic E-state index is 5.90. The summed E-state index contributed by atoms with van der Waals surface area (Å²) in [6, 6.07) is 0.273. The first-order valence-corrected chi connectivity index (χ1v) is 6.52. The van der Waals surface area contributed by atoms with Crippen LogP contribution < -0.4 is 10.6 Å². The fraction of sp³-hybridized carbons (Fsp3) is 0.583. The summed E-state index contributed by atoms with van der Waals surface area (Å²) in [5.41, 5.74) is 6.71. The van der Waals surface area contributed by atoms with Gasteiger partial charge in [0.2, 0.25) is 5.65 Å². The highest BCUT2D eigenvalue weighted by Gasteiger charge is 2.27. The van der Waals surface area contributed by atoms with Crippen LogP contribution in [-0.2, 0) is 0 Å². The Labute approximate surface area is 112 Å². The molecule has 2 aromatic heterocycles. The number of likely N-dealkylation sites (N-methyl/N-ethyl adjacent to an activating group) is 1. The number of nitrogens with two attached hydrogens (primary N) is 1. The van der Waals surface area contributed by atoms with Crippen LogP contribution in [0.4, 0.5) is 5.82 Å². The number of anilines is 1. The molecule has 0 aliphatic carbocycles. The highest BCUT2D eigenvalue weighted by Crippen LogP contribution is 2.21. The van der Waals surface area contributed by atoms with E-state index >= 15 is 0 Å². The van der Waals surface area contributed by atoms with Crippen LogP contribution in [0.25, 0.3) is 5.65 Å². The fourth-order valence-electron chi connectivity index (χ4n) is 2.62. The summed E-state index contributed by atoms with van der Waals surface area (Å²) in [7, 11) is 2.12. The Morgan fingerprint density at radius 2 is 2.21 bits per heavy atom. The highest BCUT2D eigenvalue weighted by molar-refractivity contribution is 5.64. The molecule has 0 spiro atoms. The second-order valence-corrected chi connectivity index (χ2v) is 5.04. The van der Waals surface area contributed by atoms with Crippen molar-refractivity contribution in [2.24, 2.45) is 5.73 Å². The summed E-state index contributed by atoms with van der Waals surface area (Å²) in [4.78, 5) is 9.04. The third kappa shape index (κ3) is 2.04. The van der Waals surface area contributed by atoms with Gasteiger partial charge in [-0.1, -0.05) is 0 Å². The first-order valence-electron chi connectivity index (χ1n) is 6.52. The molecule has 0 aromatic carbocycles. The number of hydrogen-bond acceptors (Lipinski definition) is 6. The Morgan fingerprint density at radius 3 is 3.00 bits per heavy atom. The van der Waals surface area contributed by atoms with Gasteiger partial charge in [-0.25, -0.2) is 4.98 Å². The molecule has 102 valence electrons. The van der Waals surface area contributed by atoms with Gasteiger partial charge in [-0.2, -0.15) is 0 Å². The average molecular weight is 261 g/mol. The standard InChI is InChI=1S/C12H19N7/c1-9-15-16-12-11(14-3-4-18(9)12)19-6-5-17(2)8-10(19)7-13/h3-4,10H,5-8,13H2,1-2H3. The maximum atomic E-state index is 5.90. The molecule has 1 unspecified atom stereocenters. The van der Waals surface area contributed by atoms with Gasteiger partial charge in [0.1, 0.15) is 5.82 Å². The zero-order chi connectivity index (χ0) is 13.4. The molecule has 0 radical (unpaired) electrons. The largest absolute Gasteiger partial charge is 0.347 e. The second-order valence-electron chi connectivity index (χ2n) is 5.04. The number of aromatic nitrogens is 4. The van der Waals surface area contributed by atoms with Crippen molar-refractivity contribution in [2.45, 2.75) is 13.0 Å². The molecule has 1 atom stereocenters. The molecule has 3 heterocycles. The van der Waals surface area contributed by atoms with Crippen molar-refractivity contribution < 1.29 is 0 Å². The van der Waals surface area contributed by atoms with Crippen molar-refractivity contribution in [1.29, 1.82) is 0 Å². The number of fused-ring (bicyclic) bond motifs is 1. The summed E-state index contributed by atoms with van der Waals surface area (Å²) in [6.45, 7) is 5.42. The molecule has 1 fully saturated rings. The normalized spacial score (nSPS) is 21.2. The van der Waals surface area contributed by atoms with Gasteiger partial charge in [0.05, 0.1) is 6.04 Å². The molecule has 1 saturated heterocycles. The van der Waals surface area contributed by atoms with Crippen molar-refractivity contribution in [3.8, 4) is 0 Å². The van der Waals surface area contributed by atoms with Crippen molar-refractivity contribution in [3.63, 3.8) is 0 Å². The molecule has 0 bridgehead atoms. The first-order chi connectivity index (χ1) is 9.20. The lowest BCUT2D eigenvalue weighted by molar-refractivity contribution is 0.269. The van der Waals surface area contributed by atoms with Crippen LogP contribution in [0.1, 0.15) is 5.82 Å². The molecule has 2 N–H and O–H groups in total. The molecule has 19 heavy (non-hydrogen) atoms. The summed E-state index contributed by atoms with van der Waals surface area (Å²) in [5, 5.41) is 8.36. The monoisotopic (exact) mass is 261 g/mol. The van der Waals surface area contributed by atoms with E-state index in [1.807, 2.05) is 17.5 Å². The Hall–Kier alpha value is -1.73. The van der Waals surface area contributed by atoms with Crippen molar-refractivity contribution in [1.82, 2.24) is 24.5 Å². The van der Waals surface area contributed by atoms with E-state index in [0.717, 1.165) is 36.9 Å².